The van der Waals surface area contributed by atoms with Gasteiger partial charge in [-0.05, 0) is 67.7 Å². The van der Waals surface area contributed by atoms with E-state index in [1.54, 1.807) is 0 Å². The molecule has 0 bridgehead atoms. The highest BCUT2D eigenvalue weighted by Gasteiger charge is 2.21. The van der Waals surface area contributed by atoms with Gasteiger partial charge in [0.1, 0.15) is 5.75 Å². The molecule has 0 aliphatic heterocycles. The van der Waals surface area contributed by atoms with Crippen molar-refractivity contribution < 1.29 is 5.11 Å². The molecular weight excluding hydrogens is 294 g/mol. The normalized spacial score (nSPS) is 14.3. The fourth-order valence-electron chi connectivity index (χ4n) is 3.25. The van der Waals surface area contributed by atoms with Gasteiger partial charge in [-0.25, -0.2) is 4.98 Å². The molecule has 0 amide bonds. The predicted molar refractivity (Wildman–Crippen MR) is 100 cm³/mol. The SMILES string of the molecule is Cc1c(CCC(C)C)cccc1-c1ccc(O)c(CCC2CC2)n1. The van der Waals surface area contributed by atoms with E-state index < -0.39 is 0 Å². The fourth-order valence-corrected chi connectivity index (χ4v) is 3.25. The Hall–Kier alpha value is -1.83. The maximum atomic E-state index is 10.1. The molecule has 2 nitrogen and oxygen atoms in total. The average Bonchev–Trinajstić information content (AvgIpc) is 3.37. The van der Waals surface area contributed by atoms with Gasteiger partial charge in [0, 0.05) is 5.56 Å². The Labute approximate surface area is 146 Å². The van der Waals surface area contributed by atoms with Crippen LogP contribution in [0, 0.1) is 18.8 Å². The molecule has 3 rings (SSSR count). The molecule has 0 radical (unpaired) electrons. The molecule has 0 spiro atoms. The van der Waals surface area contributed by atoms with Crippen molar-refractivity contribution in [2.75, 3.05) is 0 Å². The zero-order chi connectivity index (χ0) is 17.1. The van der Waals surface area contributed by atoms with E-state index in [4.69, 9.17) is 4.98 Å². The Balaban J connectivity index is 1.84. The summed E-state index contributed by atoms with van der Waals surface area (Å²) >= 11 is 0. The number of rotatable bonds is 7. The second-order valence-corrected chi connectivity index (χ2v) is 7.67. The van der Waals surface area contributed by atoms with E-state index in [1.165, 1.54) is 36.0 Å². The summed E-state index contributed by atoms with van der Waals surface area (Å²) in [5.41, 5.74) is 5.78. The second-order valence-electron chi connectivity index (χ2n) is 7.67. The Bertz CT molecular complexity index is 701. The summed E-state index contributed by atoms with van der Waals surface area (Å²) in [6, 6.07) is 10.3. The zero-order valence-electron chi connectivity index (χ0n) is 15.2. The summed E-state index contributed by atoms with van der Waals surface area (Å²) in [6.07, 6.45) is 7.05. The average molecular weight is 323 g/mol. The van der Waals surface area contributed by atoms with Crippen LogP contribution < -0.4 is 0 Å². The molecule has 128 valence electrons. The number of hydrogen-bond donors (Lipinski definition) is 1. The van der Waals surface area contributed by atoms with Gasteiger partial charge in [-0.15, -0.1) is 0 Å². The van der Waals surface area contributed by atoms with Crippen LogP contribution in [0.1, 0.15) is 56.4 Å². The number of pyridine rings is 1. The Morgan fingerprint density at radius 1 is 1.12 bits per heavy atom. The molecule has 0 unspecified atom stereocenters. The molecule has 1 aliphatic carbocycles. The molecule has 1 fully saturated rings. The maximum absolute atomic E-state index is 10.1. The van der Waals surface area contributed by atoms with Gasteiger partial charge in [-0.3, -0.25) is 0 Å². The van der Waals surface area contributed by atoms with E-state index >= 15 is 0 Å². The van der Waals surface area contributed by atoms with Crippen LogP contribution in [-0.2, 0) is 12.8 Å². The lowest BCUT2D eigenvalue weighted by Gasteiger charge is -2.13. The van der Waals surface area contributed by atoms with Crippen molar-refractivity contribution in [1.82, 2.24) is 4.98 Å². The molecule has 2 heteroatoms. The summed E-state index contributed by atoms with van der Waals surface area (Å²) in [7, 11) is 0. The first-order valence-electron chi connectivity index (χ1n) is 9.32. The van der Waals surface area contributed by atoms with Crippen molar-refractivity contribution in [2.24, 2.45) is 11.8 Å². The van der Waals surface area contributed by atoms with Crippen molar-refractivity contribution in [3.8, 4) is 17.0 Å². The van der Waals surface area contributed by atoms with Crippen LogP contribution in [0.15, 0.2) is 30.3 Å². The van der Waals surface area contributed by atoms with Gasteiger partial charge < -0.3 is 5.11 Å². The predicted octanol–water partition coefficient (Wildman–Crippen LogP) is 5.69. The van der Waals surface area contributed by atoms with Crippen LogP contribution in [0.3, 0.4) is 0 Å². The summed E-state index contributed by atoms with van der Waals surface area (Å²) in [5, 5.41) is 10.1. The van der Waals surface area contributed by atoms with Crippen LogP contribution in [0.4, 0.5) is 0 Å². The first-order valence-corrected chi connectivity index (χ1v) is 9.32. The van der Waals surface area contributed by atoms with Gasteiger partial charge in [0.05, 0.1) is 11.4 Å². The quantitative estimate of drug-likeness (QED) is 0.709. The molecule has 1 aromatic heterocycles. The molecular formula is C22H29NO. The summed E-state index contributed by atoms with van der Waals surface area (Å²) in [5.74, 6) is 1.91. The van der Waals surface area contributed by atoms with Crippen LogP contribution in [-0.4, -0.2) is 10.1 Å². The first kappa shape index (κ1) is 17.0. The highest BCUT2D eigenvalue weighted by atomic mass is 16.3. The number of benzene rings is 1. The molecule has 0 atom stereocenters. The Morgan fingerprint density at radius 2 is 1.92 bits per heavy atom. The first-order chi connectivity index (χ1) is 11.5. The highest BCUT2D eigenvalue weighted by Crippen LogP contribution is 2.35. The molecule has 1 heterocycles. The van der Waals surface area contributed by atoms with Gasteiger partial charge in [-0.2, -0.15) is 0 Å². The van der Waals surface area contributed by atoms with Crippen molar-refractivity contribution in [1.29, 1.82) is 0 Å². The third kappa shape index (κ3) is 4.17. The Kier molecular flexibility index (Phi) is 5.23. The highest BCUT2D eigenvalue weighted by molar-refractivity contribution is 5.65. The third-order valence-electron chi connectivity index (χ3n) is 5.15. The smallest absolute Gasteiger partial charge is 0.137 e. The minimum atomic E-state index is 0.341. The van der Waals surface area contributed by atoms with E-state index in [0.717, 1.165) is 36.6 Å². The monoisotopic (exact) mass is 323 g/mol. The number of aromatic nitrogens is 1. The number of aryl methyl sites for hydroxylation is 2. The van der Waals surface area contributed by atoms with E-state index in [1.807, 2.05) is 12.1 Å². The minimum Gasteiger partial charge on any atom is -0.506 e. The molecule has 0 saturated heterocycles. The molecule has 1 saturated carbocycles. The van der Waals surface area contributed by atoms with E-state index in [9.17, 15) is 5.11 Å². The van der Waals surface area contributed by atoms with Crippen LogP contribution >= 0.6 is 0 Å². The number of hydrogen-bond acceptors (Lipinski definition) is 2. The molecule has 1 aromatic carbocycles. The maximum Gasteiger partial charge on any atom is 0.137 e. The Morgan fingerprint density at radius 3 is 2.62 bits per heavy atom. The largest absolute Gasteiger partial charge is 0.506 e. The summed E-state index contributed by atoms with van der Waals surface area (Å²) in [6.45, 7) is 6.74. The number of aromatic hydroxyl groups is 1. The van der Waals surface area contributed by atoms with Gasteiger partial charge >= 0.3 is 0 Å². The van der Waals surface area contributed by atoms with Gasteiger partial charge in [-0.1, -0.05) is 44.9 Å². The lowest BCUT2D eigenvalue weighted by Crippen LogP contribution is -1.99. The topological polar surface area (TPSA) is 33.1 Å². The molecule has 1 N–H and O–H groups in total. The number of nitrogens with zero attached hydrogens (tertiary/aromatic N) is 1. The van der Waals surface area contributed by atoms with E-state index in [0.29, 0.717) is 11.7 Å². The zero-order valence-corrected chi connectivity index (χ0v) is 15.2. The molecule has 2 aromatic rings. The van der Waals surface area contributed by atoms with Crippen molar-refractivity contribution in [3.63, 3.8) is 0 Å². The lowest BCUT2D eigenvalue weighted by atomic mass is 9.94. The second kappa shape index (κ2) is 7.38. The molecule has 24 heavy (non-hydrogen) atoms. The van der Waals surface area contributed by atoms with Gasteiger partial charge in [0.25, 0.3) is 0 Å². The standard InChI is InChI=1S/C22H29NO/c1-15(2)7-11-18-5-4-6-19(16(18)3)20-13-14-22(24)21(23-20)12-10-17-8-9-17/h4-6,13-15,17,24H,7-12H2,1-3H3. The van der Waals surface area contributed by atoms with Gasteiger partial charge in [0.2, 0.25) is 0 Å². The van der Waals surface area contributed by atoms with Crippen LogP contribution in [0.25, 0.3) is 11.3 Å². The van der Waals surface area contributed by atoms with Crippen LogP contribution in [0.5, 0.6) is 5.75 Å². The van der Waals surface area contributed by atoms with Crippen molar-refractivity contribution in [3.05, 3.63) is 47.2 Å². The molecule has 1 aliphatic rings. The summed E-state index contributed by atoms with van der Waals surface area (Å²) in [4.78, 5) is 4.79. The third-order valence-corrected chi connectivity index (χ3v) is 5.15. The van der Waals surface area contributed by atoms with E-state index in [-0.39, 0.29) is 0 Å². The minimum absolute atomic E-state index is 0.341. The fraction of sp³-hybridized carbons (Fsp3) is 0.500. The lowest BCUT2D eigenvalue weighted by molar-refractivity contribution is 0.462. The summed E-state index contributed by atoms with van der Waals surface area (Å²) < 4.78 is 0. The van der Waals surface area contributed by atoms with Crippen molar-refractivity contribution >= 4 is 0 Å². The van der Waals surface area contributed by atoms with Crippen molar-refractivity contribution in [2.45, 2.75) is 59.3 Å². The van der Waals surface area contributed by atoms with E-state index in [2.05, 4.69) is 39.0 Å². The van der Waals surface area contributed by atoms with Gasteiger partial charge in [0.15, 0.2) is 0 Å². The van der Waals surface area contributed by atoms with Crippen LogP contribution in [0.2, 0.25) is 0 Å².